The Labute approximate surface area is 162 Å². The molecule has 0 aliphatic heterocycles. The van der Waals surface area contributed by atoms with E-state index in [0.717, 1.165) is 23.6 Å². The lowest BCUT2D eigenvalue weighted by Gasteiger charge is -2.05. The van der Waals surface area contributed by atoms with E-state index in [4.69, 9.17) is 16.7 Å². The van der Waals surface area contributed by atoms with Crippen LogP contribution < -0.4 is 0 Å². The Morgan fingerprint density at radius 2 is 2.00 bits per heavy atom. The summed E-state index contributed by atoms with van der Waals surface area (Å²) in [6.45, 7) is 4.33. The van der Waals surface area contributed by atoms with E-state index in [-0.39, 0.29) is 0 Å². The Morgan fingerprint density at radius 1 is 1.24 bits per heavy atom. The highest BCUT2D eigenvalue weighted by molar-refractivity contribution is 7.13. The molecule has 1 N–H and O–H groups in total. The van der Waals surface area contributed by atoms with Crippen LogP contribution in [0.1, 0.15) is 86.2 Å². The molecule has 2 atom stereocenters. The van der Waals surface area contributed by atoms with Gasteiger partial charge in [-0.25, -0.2) is 4.79 Å². The van der Waals surface area contributed by atoms with Gasteiger partial charge in [0.25, 0.3) is 0 Å². The predicted molar refractivity (Wildman–Crippen MR) is 110 cm³/mol. The van der Waals surface area contributed by atoms with E-state index < -0.39 is 5.97 Å². The standard InChI is InChI=1S/C13H23Cl.C8H10O2S/c1-2-3-4-5-6-7-8-12-9-10-13(14)11-12;1-2-3-6-4-5-7(11-6)8(9)10/h5-6,12-13H,2-4,7-11H2,1H3;4-5H,2-3H2,1H3,(H,9,10)/b6-5+;/t12-,13+;/m0./s1. The van der Waals surface area contributed by atoms with Crippen LogP contribution in [0.5, 0.6) is 0 Å². The summed E-state index contributed by atoms with van der Waals surface area (Å²) < 4.78 is 0. The maximum Gasteiger partial charge on any atom is 0.345 e. The van der Waals surface area contributed by atoms with Crippen LogP contribution in [0.25, 0.3) is 0 Å². The van der Waals surface area contributed by atoms with E-state index in [9.17, 15) is 4.79 Å². The van der Waals surface area contributed by atoms with Gasteiger partial charge in [-0.3, -0.25) is 0 Å². The first-order valence-corrected chi connectivity index (χ1v) is 10.9. The number of hydrogen-bond donors (Lipinski definition) is 1. The third kappa shape index (κ3) is 10.1. The Balaban J connectivity index is 0.000000257. The van der Waals surface area contributed by atoms with E-state index in [1.54, 1.807) is 6.07 Å². The van der Waals surface area contributed by atoms with Crippen molar-refractivity contribution >= 4 is 28.9 Å². The monoisotopic (exact) mass is 384 g/mol. The van der Waals surface area contributed by atoms with Crippen molar-refractivity contribution in [2.45, 2.75) is 83.4 Å². The van der Waals surface area contributed by atoms with Gasteiger partial charge in [0, 0.05) is 10.3 Å². The maximum atomic E-state index is 10.4. The van der Waals surface area contributed by atoms with Crippen molar-refractivity contribution in [3.05, 3.63) is 34.0 Å². The van der Waals surface area contributed by atoms with Gasteiger partial charge in [0.1, 0.15) is 4.88 Å². The molecular formula is C21H33ClO2S. The SMILES string of the molecule is CCCC/C=C/CC[C@H]1CC[C@@H](Cl)C1.CCCc1ccc(C(=O)O)s1. The molecule has 1 heterocycles. The van der Waals surface area contributed by atoms with Crippen molar-refractivity contribution in [1.82, 2.24) is 0 Å². The van der Waals surface area contributed by atoms with Gasteiger partial charge in [-0.1, -0.05) is 45.3 Å². The molecule has 1 aromatic rings. The lowest BCUT2D eigenvalue weighted by Crippen LogP contribution is -1.94. The third-order valence-corrected chi connectivity index (χ3v) is 6.01. The van der Waals surface area contributed by atoms with Gasteiger partial charge < -0.3 is 5.11 Å². The second-order valence-corrected chi connectivity index (χ2v) is 8.57. The number of carboxylic acid groups (broad SMARTS) is 1. The molecule has 1 fully saturated rings. The summed E-state index contributed by atoms with van der Waals surface area (Å²) in [5, 5.41) is 9.05. The summed E-state index contributed by atoms with van der Waals surface area (Å²) in [5.41, 5.74) is 0. The molecular weight excluding hydrogens is 352 g/mol. The zero-order valence-corrected chi connectivity index (χ0v) is 17.2. The van der Waals surface area contributed by atoms with Gasteiger partial charge in [0.05, 0.1) is 0 Å². The molecule has 0 radical (unpaired) electrons. The Morgan fingerprint density at radius 3 is 2.56 bits per heavy atom. The van der Waals surface area contributed by atoms with Crippen molar-refractivity contribution in [2.24, 2.45) is 5.92 Å². The molecule has 0 bridgehead atoms. The summed E-state index contributed by atoms with van der Waals surface area (Å²) in [6, 6.07) is 3.55. The van der Waals surface area contributed by atoms with Gasteiger partial charge >= 0.3 is 5.97 Å². The molecule has 4 heteroatoms. The zero-order valence-electron chi connectivity index (χ0n) is 15.7. The van der Waals surface area contributed by atoms with Gasteiger partial charge in [-0.05, 0) is 63.0 Å². The first-order chi connectivity index (χ1) is 12.1. The summed E-state index contributed by atoms with van der Waals surface area (Å²) in [4.78, 5) is 12.0. The molecule has 25 heavy (non-hydrogen) atoms. The normalized spacial score (nSPS) is 19.8. The highest BCUT2D eigenvalue weighted by atomic mass is 35.5. The number of alkyl halides is 1. The van der Waals surface area contributed by atoms with Gasteiger partial charge in [0.2, 0.25) is 0 Å². The fourth-order valence-electron chi connectivity index (χ4n) is 3.04. The lowest BCUT2D eigenvalue weighted by molar-refractivity contribution is 0.0702. The first kappa shape index (κ1) is 22.2. The first-order valence-electron chi connectivity index (χ1n) is 9.67. The van der Waals surface area contributed by atoms with Crippen LogP contribution in [-0.2, 0) is 6.42 Å². The number of halogens is 1. The molecule has 0 saturated heterocycles. The minimum atomic E-state index is -0.822. The maximum absolute atomic E-state index is 10.4. The smallest absolute Gasteiger partial charge is 0.345 e. The average Bonchev–Trinajstić information content (AvgIpc) is 3.21. The number of hydrogen-bond acceptors (Lipinski definition) is 2. The number of rotatable bonds is 9. The van der Waals surface area contributed by atoms with Crippen molar-refractivity contribution in [3.8, 4) is 0 Å². The average molecular weight is 385 g/mol. The number of carboxylic acids is 1. The van der Waals surface area contributed by atoms with Gasteiger partial charge in [-0.15, -0.1) is 22.9 Å². The fraction of sp³-hybridized carbons (Fsp3) is 0.667. The van der Waals surface area contributed by atoms with Crippen LogP contribution in [0.4, 0.5) is 0 Å². The number of aryl methyl sites for hydroxylation is 1. The van der Waals surface area contributed by atoms with Crippen molar-refractivity contribution in [3.63, 3.8) is 0 Å². The van der Waals surface area contributed by atoms with Crippen LogP contribution in [0.15, 0.2) is 24.3 Å². The second kappa shape index (κ2) is 13.4. The predicted octanol–water partition coefficient (Wildman–Crippen LogP) is 7.32. The fourth-order valence-corrected chi connectivity index (χ4v) is 4.37. The van der Waals surface area contributed by atoms with E-state index in [0.29, 0.717) is 10.3 Å². The summed E-state index contributed by atoms with van der Waals surface area (Å²) in [5.74, 6) is 0.0886. The lowest BCUT2D eigenvalue weighted by atomic mass is 10.0. The highest BCUT2D eigenvalue weighted by Crippen LogP contribution is 2.32. The second-order valence-electron chi connectivity index (χ2n) is 6.79. The highest BCUT2D eigenvalue weighted by Gasteiger charge is 2.21. The van der Waals surface area contributed by atoms with Crippen LogP contribution in [0.3, 0.4) is 0 Å². The Hall–Kier alpha value is -0.800. The van der Waals surface area contributed by atoms with Crippen LogP contribution in [0.2, 0.25) is 0 Å². The van der Waals surface area contributed by atoms with Crippen molar-refractivity contribution < 1.29 is 9.90 Å². The molecule has 1 aliphatic rings. The molecule has 2 nitrogen and oxygen atoms in total. The Bertz CT molecular complexity index is 510. The number of carbonyl (C=O) groups is 1. The molecule has 1 aromatic heterocycles. The summed E-state index contributed by atoms with van der Waals surface area (Å²) in [6.07, 6.45) is 17.1. The molecule has 2 rings (SSSR count). The largest absolute Gasteiger partial charge is 0.477 e. The van der Waals surface area contributed by atoms with E-state index in [1.807, 2.05) is 6.07 Å². The summed E-state index contributed by atoms with van der Waals surface area (Å²) >= 11 is 7.44. The van der Waals surface area contributed by atoms with E-state index in [2.05, 4.69) is 26.0 Å². The Kier molecular flexibility index (Phi) is 11.9. The molecule has 0 amide bonds. The van der Waals surface area contributed by atoms with E-state index in [1.165, 1.54) is 62.7 Å². The van der Waals surface area contributed by atoms with Crippen LogP contribution in [0, 0.1) is 5.92 Å². The molecule has 0 unspecified atom stereocenters. The number of allylic oxidation sites excluding steroid dienone is 2. The quantitative estimate of drug-likeness (QED) is 0.275. The molecule has 142 valence electrons. The van der Waals surface area contributed by atoms with Crippen LogP contribution >= 0.6 is 22.9 Å². The van der Waals surface area contributed by atoms with Crippen LogP contribution in [-0.4, -0.2) is 16.5 Å². The van der Waals surface area contributed by atoms with Crippen molar-refractivity contribution in [2.75, 3.05) is 0 Å². The topological polar surface area (TPSA) is 37.3 Å². The summed E-state index contributed by atoms with van der Waals surface area (Å²) in [7, 11) is 0. The third-order valence-electron chi connectivity index (χ3n) is 4.48. The molecule has 1 saturated carbocycles. The molecule has 0 spiro atoms. The number of aromatic carboxylic acids is 1. The molecule has 0 aromatic carbocycles. The zero-order chi connectivity index (χ0) is 18.5. The number of thiophene rings is 1. The van der Waals surface area contributed by atoms with Crippen molar-refractivity contribution in [1.29, 1.82) is 0 Å². The van der Waals surface area contributed by atoms with Gasteiger partial charge in [0.15, 0.2) is 0 Å². The minimum absolute atomic E-state index is 0.438. The number of unbranched alkanes of at least 4 members (excludes halogenated alkanes) is 2. The van der Waals surface area contributed by atoms with Gasteiger partial charge in [-0.2, -0.15) is 0 Å². The van der Waals surface area contributed by atoms with E-state index >= 15 is 0 Å². The minimum Gasteiger partial charge on any atom is -0.477 e. The molecule has 1 aliphatic carbocycles.